The molecule has 0 aliphatic carbocycles. The number of rotatable bonds is 7. The van der Waals surface area contributed by atoms with Crippen molar-refractivity contribution < 1.29 is 4.79 Å². The monoisotopic (exact) mass is 308 g/mol. The van der Waals surface area contributed by atoms with Gasteiger partial charge < -0.3 is 9.69 Å². The van der Waals surface area contributed by atoms with Crippen molar-refractivity contribution in [2.24, 2.45) is 0 Å². The van der Waals surface area contributed by atoms with E-state index in [1.165, 1.54) is 27.9 Å². The maximum Gasteiger partial charge on any atom is 0.129 e. The molecule has 0 aromatic heterocycles. The topological polar surface area (TPSA) is 20.3 Å². The van der Waals surface area contributed by atoms with Crippen LogP contribution in [0.4, 0.5) is 5.69 Å². The molecule has 0 saturated heterocycles. The molecule has 0 N–H and O–H groups in total. The summed E-state index contributed by atoms with van der Waals surface area (Å²) in [4.78, 5) is 13.3. The fourth-order valence-corrected chi connectivity index (χ4v) is 2.65. The SMILES string of the molecule is CC(=O)CCCN(C)c1cc(C)cc([CH]c2ccc(C)cc2)c1. The van der Waals surface area contributed by atoms with Crippen molar-refractivity contribution in [2.75, 3.05) is 18.5 Å². The van der Waals surface area contributed by atoms with Gasteiger partial charge in [0.1, 0.15) is 5.78 Å². The van der Waals surface area contributed by atoms with Gasteiger partial charge in [-0.25, -0.2) is 0 Å². The highest BCUT2D eigenvalue weighted by molar-refractivity contribution is 5.75. The van der Waals surface area contributed by atoms with E-state index in [1.807, 2.05) is 0 Å². The number of aryl methyl sites for hydroxylation is 2. The summed E-state index contributed by atoms with van der Waals surface area (Å²) in [5, 5.41) is 0. The van der Waals surface area contributed by atoms with E-state index in [0.29, 0.717) is 6.42 Å². The first-order valence-corrected chi connectivity index (χ1v) is 8.18. The summed E-state index contributed by atoms with van der Waals surface area (Å²) >= 11 is 0. The molecular weight excluding hydrogens is 282 g/mol. The second-order valence-corrected chi connectivity index (χ2v) is 6.38. The zero-order valence-electron chi connectivity index (χ0n) is 14.6. The van der Waals surface area contributed by atoms with Crippen molar-refractivity contribution >= 4 is 11.5 Å². The summed E-state index contributed by atoms with van der Waals surface area (Å²) in [6.45, 7) is 6.78. The van der Waals surface area contributed by atoms with Crippen LogP contribution < -0.4 is 4.90 Å². The first kappa shape index (κ1) is 17.3. The molecule has 0 unspecified atom stereocenters. The van der Waals surface area contributed by atoms with Crippen LogP contribution in [0.25, 0.3) is 0 Å². The molecule has 2 rings (SSSR count). The smallest absolute Gasteiger partial charge is 0.129 e. The summed E-state index contributed by atoms with van der Waals surface area (Å²) in [7, 11) is 2.09. The molecule has 1 radical (unpaired) electrons. The molecule has 23 heavy (non-hydrogen) atoms. The minimum atomic E-state index is 0.260. The highest BCUT2D eigenvalue weighted by Gasteiger charge is 2.06. The third-order valence-electron chi connectivity index (χ3n) is 3.96. The number of carbonyl (C=O) groups excluding carboxylic acids is 1. The molecule has 2 nitrogen and oxygen atoms in total. The Kier molecular flexibility index (Phi) is 5.97. The summed E-state index contributed by atoms with van der Waals surface area (Å²) in [6.07, 6.45) is 3.76. The van der Waals surface area contributed by atoms with Gasteiger partial charge in [-0.2, -0.15) is 0 Å². The van der Waals surface area contributed by atoms with Crippen molar-refractivity contribution in [3.63, 3.8) is 0 Å². The Morgan fingerprint density at radius 2 is 1.70 bits per heavy atom. The second kappa shape index (κ2) is 7.96. The van der Waals surface area contributed by atoms with Crippen LogP contribution in [0.2, 0.25) is 0 Å². The summed E-state index contributed by atoms with van der Waals surface area (Å²) in [5.74, 6) is 0.260. The lowest BCUT2D eigenvalue weighted by atomic mass is 10.0. The molecule has 0 spiro atoms. The number of hydrogen-bond donors (Lipinski definition) is 0. The summed E-state index contributed by atoms with van der Waals surface area (Å²) < 4.78 is 0. The fourth-order valence-electron chi connectivity index (χ4n) is 2.65. The molecule has 0 aliphatic rings. The van der Waals surface area contributed by atoms with Crippen LogP contribution in [0.3, 0.4) is 0 Å². The van der Waals surface area contributed by atoms with Gasteiger partial charge in [0, 0.05) is 32.1 Å². The minimum Gasteiger partial charge on any atom is -0.375 e. The van der Waals surface area contributed by atoms with Gasteiger partial charge in [0.2, 0.25) is 0 Å². The van der Waals surface area contributed by atoms with Crippen LogP contribution in [0.15, 0.2) is 42.5 Å². The lowest BCUT2D eigenvalue weighted by Crippen LogP contribution is -2.19. The van der Waals surface area contributed by atoms with Gasteiger partial charge >= 0.3 is 0 Å². The molecule has 0 amide bonds. The van der Waals surface area contributed by atoms with E-state index < -0.39 is 0 Å². The van der Waals surface area contributed by atoms with Crippen LogP contribution in [0.1, 0.15) is 42.0 Å². The largest absolute Gasteiger partial charge is 0.375 e. The van der Waals surface area contributed by atoms with Crippen LogP contribution in [-0.2, 0) is 4.79 Å². The predicted molar refractivity (Wildman–Crippen MR) is 98.0 cm³/mol. The Labute approximate surface area is 140 Å². The van der Waals surface area contributed by atoms with Gasteiger partial charge in [0.05, 0.1) is 0 Å². The van der Waals surface area contributed by atoms with E-state index in [1.54, 1.807) is 6.92 Å². The lowest BCUT2D eigenvalue weighted by molar-refractivity contribution is -0.117. The second-order valence-electron chi connectivity index (χ2n) is 6.38. The molecule has 0 bridgehead atoms. The molecule has 2 heteroatoms. The Hall–Kier alpha value is -2.09. The van der Waals surface area contributed by atoms with Gasteiger partial charge in [-0.15, -0.1) is 0 Å². The number of anilines is 1. The van der Waals surface area contributed by atoms with E-state index in [-0.39, 0.29) is 5.78 Å². The first-order chi connectivity index (χ1) is 10.9. The van der Waals surface area contributed by atoms with Crippen LogP contribution in [0, 0.1) is 20.3 Å². The van der Waals surface area contributed by atoms with Crippen LogP contribution >= 0.6 is 0 Å². The van der Waals surface area contributed by atoms with Gasteiger partial charge in [-0.3, -0.25) is 0 Å². The maximum absolute atomic E-state index is 11.1. The molecule has 0 saturated carbocycles. The van der Waals surface area contributed by atoms with Gasteiger partial charge in [-0.1, -0.05) is 35.9 Å². The molecule has 0 fully saturated rings. The Morgan fingerprint density at radius 3 is 2.35 bits per heavy atom. The van der Waals surface area contributed by atoms with Crippen molar-refractivity contribution in [3.05, 3.63) is 71.1 Å². The minimum absolute atomic E-state index is 0.260. The van der Waals surface area contributed by atoms with Gasteiger partial charge in [0.25, 0.3) is 0 Å². The lowest BCUT2D eigenvalue weighted by Gasteiger charge is -2.20. The van der Waals surface area contributed by atoms with E-state index in [0.717, 1.165) is 13.0 Å². The maximum atomic E-state index is 11.1. The third-order valence-corrected chi connectivity index (χ3v) is 3.96. The Morgan fingerprint density at radius 1 is 1.00 bits per heavy atom. The Balaban J connectivity index is 2.08. The fraction of sp³-hybridized carbons (Fsp3) is 0.333. The highest BCUT2D eigenvalue weighted by Crippen LogP contribution is 2.22. The predicted octanol–water partition coefficient (Wildman–Crippen LogP) is 4.71. The standard InChI is InChI=1S/C21H26NO/c1-16-7-9-19(10-8-16)14-20-12-17(2)13-21(15-20)22(4)11-5-6-18(3)23/h7-10,12-15H,5-6,11H2,1-4H3. The number of carbonyl (C=O) groups is 1. The van der Waals surface area contributed by atoms with Gasteiger partial charge in [-0.05, 0) is 56.0 Å². The summed E-state index contributed by atoms with van der Waals surface area (Å²) in [5.41, 5.74) is 6.15. The number of nitrogens with zero attached hydrogens (tertiary/aromatic N) is 1. The van der Waals surface area contributed by atoms with Crippen molar-refractivity contribution in [1.82, 2.24) is 0 Å². The normalized spacial score (nSPS) is 10.6. The first-order valence-electron chi connectivity index (χ1n) is 8.18. The Bertz CT molecular complexity index is 658. The number of benzene rings is 2. The van der Waals surface area contributed by atoms with E-state index in [4.69, 9.17) is 0 Å². The molecule has 0 aliphatic heterocycles. The van der Waals surface area contributed by atoms with E-state index >= 15 is 0 Å². The zero-order chi connectivity index (χ0) is 16.8. The molecular formula is C21H26NO. The van der Waals surface area contributed by atoms with E-state index in [2.05, 4.69) is 74.7 Å². The number of ketones is 1. The molecule has 0 heterocycles. The summed E-state index contributed by atoms with van der Waals surface area (Å²) in [6, 6.07) is 15.2. The molecule has 121 valence electrons. The van der Waals surface area contributed by atoms with E-state index in [9.17, 15) is 4.79 Å². The average Bonchev–Trinajstić information content (AvgIpc) is 2.48. The highest BCUT2D eigenvalue weighted by atomic mass is 16.1. The number of Topliss-reactive ketones (excluding diaryl/α,β-unsaturated/α-hetero) is 1. The number of hydrogen-bond acceptors (Lipinski definition) is 2. The van der Waals surface area contributed by atoms with Gasteiger partial charge in [0.15, 0.2) is 0 Å². The molecule has 0 atom stereocenters. The third kappa shape index (κ3) is 5.55. The van der Waals surface area contributed by atoms with Crippen molar-refractivity contribution in [1.29, 1.82) is 0 Å². The van der Waals surface area contributed by atoms with Crippen molar-refractivity contribution in [2.45, 2.75) is 33.6 Å². The molecule has 2 aromatic carbocycles. The quantitative estimate of drug-likeness (QED) is 0.738. The average molecular weight is 308 g/mol. The molecule has 2 aromatic rings. The van der Waals surface area contributed by atoms with Crippen molar-refractivity contribution in [3.8, 4) is 0 Å². The zero-order valence-corrected chi connectivity index (χ0v) is 14.6. The van der Waals surface area contributed by atoms with Crippen LogP contribution in [-0.4, -0.2) is 19.4 Å². The van der Waals surface area contributed by atoms with Crippen LogP contribution in [0.5, 0.6) is 0 Å².